The van der Waals surface area contributed by atoms with Crippen molar-refractivity contribution in [3.8, 4) is 11.1 Å². The van der Waals surface area contributed by atoms with Crippen molar-refractivity contribution in [2.75, 3.05) is 0 Å². The molecule has 1 atom stereocenters. The zero-order valence-electron chi connectivity index (χ0n) is 13.7. The molecule has 0 heterocycles. The number of rotatable bonds is 4. The van der Waals surface area contributed by atoms with Crippen LogP contribution in [0.4, 0.5) is 4.39 Å². The first-order valence-electron chi connectivity index (χ1n) is 7.96. The molecule has 0 fully saturated rings. The minimum atomic E-state index is -0.382. The quantitative estimate of drug-likeness (QED) is 0.596. The Morgan fingerprint density at radius 1 is 0.960 bits per heavy atom. The summed E-state index contributed by atoms with van der Waals surface area (Å²) in [5.41, 5.74) is 3.70. The molecule has 0 aliphatic carbocycles. The highest BCUT2D eigenvalue weighted by Crippen LogP contribution is 2.23. The summed E-state index contributed by atoms with van der Waals surface area (Å²) in [5, 5.41) is 2.94. The maximum absolute atomic E-state index is 13.2. The Kier molecular flexibility index (Phi) is 5.29. The van der Waals surface area contributed by atoms with E-state index >= 15 is 0 Å². The van der Waals surface area contributed by atoms with Gasteiger partial charge in [-0.05, 0) is 57.7 Å². The first kappa shape index (κ1) is 17.4. The van der Waals surface area contributed by atoms with Crippen LogP contribution < -0.4 is 5.32 Å². The van der Waals surface area contributed by atoms with Crippen LogP contribution in [0.25, 0.3) is 11.1 Å². The standard InChI is InChI=1S/C21H17BrFNO/c1-14(24-21(25)19-12-11-18(23)13-20(19)22)15-7-9-17(10-8-15)16-5-3-2-4-6-16/h2-14H,1H3,(H,24,25). The number of halogens is 2. The summed E-state index contributed by atoms with van der Waals surface area (Å²) in [6, 6.07) is 22.1. The molecular formula is C21H17BrFNO. The van der Waals surface area contributed by atoms with Gasteiger partial charge in [0.15, 0.2) is 0 Å². The summed E-state index contributed by atoms with van der Waals surface area (Å²) in [6.07, 6.45) is 0. The van der Waals surface area contributed by atoms with Crippen molar-refractivity contribution in [2.24, 2.45) is 0 Å². The largest absolute Gasteiger partial charge is 0.345 e. The van der Waals surface area contributed by atoms with E-state index in [0.29, 0.717) is 10.0 Å². The van der Waals surface area contributed by atoms with Crippen LogP contribution in [0.15, 0.2) is 77.3 Å². The molecule has 0 radical (unpaired) electrons. The molecule has 1 amide bonds. The molecule has 126 valence electrons. The fourth-order valence-corrected chi connectivity index (χ4v) is 3.16. The summed E-state index contributed by atoms with van der Waals surface area (Å²) in [5.74, 6) is -0.625. The van der Waals surface area contributed by atoms with Crippen molar-refractivity contribution in [1.29, 1.82) is 0 Å². The smallest absolute Gasteiger partial charge is 0.252 e. The van der Waals surface area contributed by atoms with E-state index < -0.39 is 0 Å². The Bertz CT molecular complexity index is 878. The molecule has 0 aliphatic heterocycles. The van der Waals surface area contributed by atoms with Crippen molar-refractivity contribution in [3.63, 3.8) is 0 Å². The summed E-state index contributed by atoms with van der Waals surface area (Å²) in [6.45, 7) is 1.92. The number of nitrogens with one attached hydrogen (secondary N) is 1. The Labute approximate surface area is 154 Å². The van der Waals surface area contributed by atoms with Crippen LogP contribution in [0, 0.1) is 5.82 Å². The molecule has 2 nitrogen and oxygen atoms in total. The summed E-state index contributed by atoms with van der Waals surface area (Å²) < 4.78 is 13.6. The van der Waals surface area contributed by atoms with Crippen LogP contribution in [0.1, 0.15) is 28.9 Å². The third-order valence-electron chi connectivity index (χ3n) is 4.04. The van der Waals surface area contributed by atoms with Crippen LogP contribution in [-0.2, 0) is 0 Å². The lowest BCUT2D eigenvalue weighted by Crippen LogP contribution is -2.26. The monoisotopic (exact) mass is 397 g/mol. The predicted octanol–water partition coefficient (Wildman–Crippen LogP) is 5.75. The highest BCUT2D eigenvalue weighted by atomic mass is 79.9. The second-order valence-corrected chi connectivity index (χ2v) is 6.66. The lowest BCUT2D eigenvalue weighted by molar-refractivity contribution is 0.0939. The van der Waals surface area contributed by atoms with Gasteiger partial charge in [0.25, 0.3) is 5.91 Å². The van der Waals surface area contributed by atoms with Crippen molar-refractivity contribution in [1.82, 2.24) is 5.32 Å². The van der Waals surface area contributed by atoms with Gasteiger partial charge in [-0.25, -0.2) is 4.39 Å². The van der Waals surface area contributed by atoms with E-state index in [1.165, 1.54) is 18.2 Å². The zero-order chi connectivity index (χ0) is 17.8. The number of carbonyl (C=O) groups is 1. The SMILES string of the molecule is CC(NC(=O)c1ccc(F)cc1Br)c1ccc(-c2ccccc2)cc1. The van der Waals surface area contributed by atoms with Crippen LogP contribution in [0.5, 0.6) is 0 Å². The van der Waals surface area contributed by atoms with E-state index in [0.717, 1.165) is 16.7 Å². The molecule has 0 spiro atoms. The van der Waals surface area contributed by atoms with Gasteiger partial charge in [-0.2, -0.15) is 0 Å². The second-order valence-electron chi connectivity index (χ2n) is 5.81. The molecular weight excluding hydrogens is 381 g/mol. The van der Waals surface area contributed by atoms with Gasteiger partial charge in [-0.1, -0.05) is 54.6 Å². The minimum absolute atomic E-state index is 0.158. The average molecular weight is 398 g/mol. The minimum Gasteiger partial charge on any atom is -0.345 e. The van der Waals surface area contributed by atoms with E-state index in [2.05, 4.69) is 33.4 Å². The van der Waals surface area contributed by atoms with Crippen molar-refractivity contribution in [2.45, 2.75) is 13.0 Å². The van der Waals surface area contributed by atoms with Gasteiger partial charge in [-0.3, -0.25) is 4.79 Å². The van der Waals surface area contributed by atoms with Crippen molar-refractivity contribution in [3.05, 3.63) is 94.2 Å². The Balaban J connectivity index is 1.72. The third kappa shape index (κ3) is 4.15. The Morgan fingerprint density at radius 2 is 1.60 bits per heavy atom. The molecule has 25 heavy (non-hydrogen) atoms. The van der Waals surface area contributed by atoms with Gasteiger partial charge in [-0.15, -0.1) is 0 Å². The Hall–Kier alpha value is -2.46. The van der Waals surface area contributed by atoms with Gasteiger partial charge in [0.05, 0.1) is 11.6 Å². The van der Waals surface area contributed by atoms with Crippen LogP contribution in [0.3, 0.4) is 0 Å². The van der Waals surface area contributed by atoms with Crippen LogP contribution in [-0.4, -0.2) is 5.91 Å². The maximum atomic E-state index is 13.2. The van der Waals surface area contributed by atoms with Gasteiger partial charge in [0, 0.05) is 4.47 Å². The molecule has 1 N–H and O–H groups in total. The van der Waals surface area contributed by atoms with E-state index in [-0.39, 0.29) is 17.8 Å². The topological polar surface area (TPSA) is 29.1 Å². The normalized spacial score (nSPS) is 11.8. The second kappa shape index (κ2) is 7.62. The number of amides is 1. The van der Waals surface area contributed by atoms with E-state index in [1.807, 2.05) is 49.4 Å². The molecule has 3 aromatic carbocycles. The van der Waals surface area contributed by atoms with Crippen molar-refractivity contribution < 1.29 is 9.18 Å². The van der Waals surface area contributed by atoms with E-state index in [1.54, 1.807) is 0 Å². The fraction of sp³-hybridized carbons (Fsp3) is 0.0952. The molecule has 3 aromatic rings. The molecule has 3 rings (SSSR count). The molecule has 0 aliphatic rings. The molecule has 0 aromatic heterocycles. The molecule has 0 bridgehead atoms. The average Bonchev–Trinajstić information content (AvgIpc) is 2.62. The number of benzene rings is 3. The van der Waals surface area contributed by atoms with Crippen LogP contribution in [0.2, 0.25) is 0 Å². The summed E-state index contributed by atoms with van der Waals surface area (Å²) >= 11 is 3.23. The fourth-order valence-electron chi connectivity index (χ4n) is 2.63. The van der Waals surface area contributed by atoms with Crippen molar-refractivity contribution >= 4 is 21.8 Å². The highest BCUT2D eigenvalue weighted by molar-refractivity contribution is 9.10. The van der Waals surface area contributed by atoms with Gasteiger partial charge >= 0.3 is 0 Å². The lowest BCUT2D eigenvalue weighted by Gasteiger charge is -2.15. The van der Waals surface area contributed by atoms with E-state index in [9.17, 15) is 9.18 Å². The maximum Gasteiger partial charge on any atom is 0.252 e. The third-order valence-corrected chi connectivity index (χ3v) is 4.70. The first-order valence-corrected chi connectivity index (χ1v) is 8.75. The van der Waals surface area contributed by atoms with Crippen LogP contribution >= 0.6 is 15.9 Å². The predicted molar refractivity (Wildman–Crippen MR) is 102 cm³/mol. The Morgan fingerprint density at radius 3 is 2.24 bits per heavy atom. The number of carbonyl (C=O) groups excluding carboxylic acids is 1. The lowest BCUT2D eigenvalue weighted by atomic mass is 10.0. The molecule has 4 heteroatoms. The molecule has 0 saturated carbocycles. The van der Waals surface area contributed by atoms with Gasteiger partial charge < -0.3 is 5.32 Å². The van der Waals surface area contributed by atoms with Gasteiger partial charge in [0.2, 0.25) is 0 Å². The first-order chi connectivity index (χ1) is 12.0. The zero-order valence-corrected chi connectivity index (χ0v) is 15.3. The molecule has 0 saturated heterocycles. The number of hydrogen-bond donors (Lipinski definition) is 1. The summed E-state index contributed by atoms with van der Waals surface area (Å²) in [4.78, 5) is 12.4. The van der Waals surface area contributed by atoms with E-state index in [4.69, 9.17) is 0 Å². The molecule has 1 unspecified atom stereocenters. The highest BCUT2D eigenvalue weighted by Gasteiger charge is 2.14. The number of hydrogen-bond acceptors (Lipinski definition) is 1. The summed E-state index contributed by atoms with van der Waals surface area (Å²) in [7, 11) is 0. The van der Waals surface area contributed by atoms with Gasteiger partial charge in [0.1, 0.15) is 5.82 Å².